The van der Waals surface area contributed by atoms with Gasteiger partial charge in [-0.2, -0.15) is 5.26 Å². The lowest BCUT2D eigenvalue weighted by atomic mass is 9.89. The van der Waals surface area contributed by atoms with Crippen molar-refractivity contribution >= 4 is 0 Å². The second-order valence-corrected chi connectivity index (χ2v) is 6.16. The molecule has 0 saturated heterocycles. The summed E-state index contributed by atoms with van der Waals surface area (Å²) in [5, 5.41) is 8.92. The number of unbranched alkanes of at least 4 members (excludes halogenated alkanes) is 1. The van der Waals surface area contributed by atoms with Gasteiger partial charge in [0.15, 0.2) is 0 Å². The third-order valence-corrected chi connectivity index (χ3v) is 3.83. The molecule has 0 aromatic carbocycles. The van der Waals surface area contributed by atoms with Gasteiger partial charge in [0.25, 0.3) is 0 Å². The lowest BCUT2D eigenvalue weighted by Gasteiger charge is -2.22. The highest BCUT2D eigenvalue weighted by Crippen LogP contribution is 2.22. The zero-order chi connectivity index (χ0) is 13.4. The molecule has 0 aliphatic heterocycles. The normalized spacial score (nSPS) is 25.4. The van der Waals surface area contributed by atoms with Crippen LogP contribution in [0, 0.1) is 16.7 Å². The van der Waals surface area contributed by atoms with Crippen LogP contribution in [0.1, 0.15) is 65.2 Å². The minimum atomic E-state index is -0.196. The second kappa shape index (κ2) is 7.76. The Labute approximate surface area is 112 Å². The van der Waals surface area contributed by atoms with Gasteiger partial charge in [-0.25, -0.2) is 0 Å². The van der Waals surface area contributed by atoms with E-state index in [0.717, 1.165) is 38.7 Å². The highest BCUT2D eigenvalue weighted by atomic mass is 16.5. The van der Waals surface area contributed by atoms with Gasteiger partial charge in [0.1, 0.15) is 0 Å². The van der Waals surface area contributed by atoms with Gasteiger partial charge in [0.2, 0.25) is 0 Å². The molecule has 2 atom stereocenters. The van der Waals surface area contributed by atoms with E-state index in [1.54, 1.807) is 0 Å². The van der Waals surface area contributed by atoms with Crippen molar-refractivity contribution in [3.05, 3.63) is 0 Å². The van der Waals surface area contributed by atoms with Crippen molar-refractivity contribution in [3.63, 3.8) is 0 Å². The first-order valence-electron chi connectivity index (χ1n) is 7.33. The van der Waals surface area contributed by atoms with Crippen LogP contribution in [0.2, 0.25) is 0 Å². The molecule has 2 N–H and O–H groups in total. The van der Waals surface area contributed by atoms with Crippen LogP contribution in [-0.2, 0) is 4.74 Å². The number of nitriles is 1. The third-order valence-electron chi connectivity index (χ3n) is 3.83. The minimum Gasteiger partial charge on any atom is -0.377 e. The summed E-state index contributed by atoms with van der Waals surface area (Å²) in [5.41, 5.74) is 5.92. The zero-order valence-corrected chi connectivity index (χ0v) is 12.0. The molecule has 0 aromatic heterocycles. The van der Waals surface area contributed by atoms with Crippen molar-refractivity contribution in [3.8, 4) is 6.07 Å². The molecule has 1 aliphatic rings. The van der Waals surface area contributed by atoms with Crippen LogP contribution < -0.4 is 5.73 Å². The van der Waals surface area contributed by atoms with E-state index in [-0.39, 0.29) is 17.6 Å². The SMILES string of the molecule is CC(C)(C#N)CCCCOC1CCCCCC1N. The van der Waals surface area contributed by atoms with Crippen LogP contribution in [0.5, 0.6) is 0 Å². The molecular formula is C15H28N2O. The average Bonchev–Trinajstić information content (AvgIpc) is 2.54. The van der Waals surface area contributed by atoms with E-state index < -0.39 is 0 Å². The molecule has 3 heteroatoms. The fourth-order valence-electron chi connectivity index (χ4n) is 2.47. The van der Waals surface area contributed by atoms with Gasteiger partial charge in [-0.1, -0.05) is 19.3 Å². The maximum atomic E-state index is 8.92. The van der Waals surface area contributed by atoms with E-state index in [0.29, 0.717) is 0 Å². The summed E-state index contributed by atoms with van der Waals surface area (Å²) in [5.74, 6) is 0. The first-order chi connectivity index (χ1) is 8.55. The molecule has 1 aliphatic carbocycles. The predicted molar refractivity (Wildman–Crippen MR) is 74.0 cm³/mol. The summed E-state index contributed by atoms with van der Waals surface area (Å²) in [7, 11) is 0. The number of hydrogen-bond donors (Lipinski definition) is 1. The van der Waals surface area contributed by atoms with E-state index in [4.69, 9.17) is 15.7 Å². The van der Waals surface area contributed by atoms with Crippen LogP contribution in [0.25, 0.3) is 0 Å². The summed E-state index contributed by atoms with van der Waals surface area (Å²) in [4.78, 5) is 0. The van der Waals surface area contributed by atoms with Gasteiger partial charge in [0.05, 0.1) is 17.6 Å². The van der Waals surface area contributed by atoms with Gasteiger partial charge in [-0.3, -0.25) is 0 Å². The summed E-state index contributed by atoms with van der Waals surface area (Å²) in [6.07, 6.45) is 9.31. The molecule has 2 unspecified atom stereocenters. The monoisotopic (exact) mass is 252 g/mol. The molecule has 1 rings (SSSR count). The number of nitrogens with zero attached hydrogens (tertiary/aromatic N) is 1. The van der Waals surface area contributed by atoms with Crippen molar-refractivity contribution in [2.24, 2.45) is 11.1 Å². The number of nitrogens with two attached hydrogens (primary N) is 1. The lowest BCUT2D eigenvalue weighted by Crippen LogP contribution is -2.35. The van der Waals surface area contributed by atoms with Gasteiger partial charge in [-0.15, -0.1) is 0 Å². The van der Waals surface area contributed by atoms with Crippen LogP contribution in [0.3, 0.4) is 0 Å². The zero-order valence-electron chi connectivity index (χ0n) is 12.0. The molecule has 104 valence electrons. The smallest absolute Gasteiger partial charge is 0.0725 e. The molecule has 0 bridgehead atoms. The van der Waals surface area contributed by atoms with E-state index in [9.17, 15) is 0 Å². The highest BCUT2D eigenvalue weighted by Gasteiger charge is 2.21. The Morgan fingerprint density at radius 3 is 2.67 bits per heavy atom. The van der Waals surface area contributed by atoms with Gasteiger partial charge < -0.3 is 10.5 Å². The fourth-order valence-corrected chi connectivity index (χ4v) is 2.47. The average molecular weight is 252 g/mol. The maximum Gasteiger partial charge on any atom is 0.0725 e. The Hall–Kier alpha value is -0.590. The number of rotatable bonds is 6. The van der Waals surface area contributed by atoms with E-state index in [1.807, 2.05) is 13.8 Å². The molecule has 0 amide bonds. The first-order valence-corrected chi connectivity index (χ1v) is 7.33. The van der Waals surface area contributed by atoms with Gasteiger partial charge in [0, 0.05) is 12.6 Å². The molecule has 1 fully saturated rings. The number of ether oxygens (including phenoxy) is 1. The highest BCUT2D eigenvalue weighted by molar-refractivity contribution is 4.91. The van der Waals surface area contributed by atoms with Crippen molar-refractivity contribution in [1.29, 1.82) is 5.26 Å². The molecule has 0 radical (unpaired) electrons. The predicted octanol–water partition coefficient (Wildman–Crippen LogP) is 3.38. The minimum absolute atomic E-state index is 0.196. The third kappa shape index (κ3) is 5.84. The van der Waals surface area contributed by atoms with Crippen molar-refractivity contribution in [2.45, 2.75) is 77.4 Å². The van der Waals surface area contributed by atoms with E-state index in [1.165, 1.54) is 19.3 Å². The quantitative estimate of drug-likeness (QED) is 0.582. The van der Waals surface area contributed by atoms with Gasteiger partial charge >= 0.3 is 0 Å². The summed E-state index contributed by atoms with van der Waals surface area (Å²) < 4.78 is 5.92. The van der Waals surface area contributed by atoms with Crippen LogP contribution in [-0.4, -0.2) is 18.8 Å². The standard InChI is InChI=1S/C15H28N2O/c1-15(2,12-16)10-6-7-11-18-14-9-5-3-4-8-13(14)17/h13-14H,3-11,17H2,1-2H3. The van der Waals surface area contributed by atoms with Crippen molar-refractivity contribution in [1.82, 2.24) is 0 Å². The molecule has 0 spiro atoms. The second-order valence-electron chi connectivity index (χ2n) is 6.16. The van der Waals surface area contributed by atoms with Gasteiger partial charge in [-0.05, 0) is 46.0 Å². The molecule has 0 aromatic rings. The Balaban J connectivity index is 2.12. The lowest BCUT2D eigenvalue weighted by molar-refractivity contribution is 0.0284. The summed E-state index contributed by atoms with van der Waals surface area (Å²) in [6.45, 7) is 4.78. The summed E-state index contributed by atoms with van der Waals surface area (Å²) >= 11 is 0. The number of hydrogen-bond acceptors (Lipinski definition) is 3. The topological polar surface area (TPSA) is 59.0 Å². The first kappa shape index (κ1) is 15.5. The van der Waals surface area contributed by atoms with Crippen LogP contribution >= 0.6 is 0 Å². The Morgan fingerprint density at radius 2 is 1.94 bits per heavy atom. The maximum absolute atomic E-state index is 8.92. The Bertz CT molecular complexity index is 270. The van der Waals surface area contributed by atoms with Crippen LogP contribution in [0.15, 0.2) is 0 Å². The van der Waals surface area contributed by atoms with E-state index >= 15 is 0 Å². The largest absolute Gasteiger partial charge is 0.377 e. The molecule has 18 heavy (non-hydrogen) atoms. The Morgan fingerprint density at radius 1 is 1.22 bits per heavy atom. The molecule has 1 saturated carbocycles. The van der Waals surface area contributed by atoms with Crippen molar-refractivity contribution < 1.29 is 4.74 Å². The van der Waals surface area contributed by atoms with Crippen molar-refractivity contribution in [2.75, 3.05) is 6.61 Å². The Kier molecular flexibility index (Phi) is 6.67. The van der Waals surface area contributed by atoms with Crippen LogP contribution in [0.4, 0.5) is 0 Å². The fraction of sp³-hybridized carbons (Fsp3) is 0.933. The van der Waals surface area contributed by atoms with E-state index in [2.05, 4.69) is 6.07 Å². The molecular weight excluding hydrogens is 224 g/mol. The molecule has 0 heterocycles. The summed E-state index contributed by atoms with van der Waals surface area (Å²) in [6, 6.07) is 2.56. The molecule has 3 nitrogen and oxygen atoms in total.